The fourth-order valence-corrected chi connectivity index (χ4v) is 1.53. The first-order valence-corrected chi connectivity index (χ1v) is 4.32. The van der Waals surface area contributed by atoms with E-state index < -0.39 is 0 Å². The molecular formula is C8H16N2O2. The zero-order chi connectivity index (χ0) is 8.97. The summed E-state index contributed by atoms with van der Waals surface area (Å²) in [5, 5.41) is 0. The number of rotatable bonds is 1. The fourth-order valence-electron chi connectivity index (χ4n) is 1.53. The van der Waals surface area contributed by atoms with Crippen LogP contribution in [0.2, 0.25) is 0 Å². The second-order valence-electron chi connectivity index (χ2n) is 3.30. The molecule has 1 atom stereocenters. The molecule has 1 fully saturated rings. The second-order valence-corrected chi connectivity index (χ2v) is 3.30. The summed E-state index contributed by atoms with van der Waals surface area (Å²) in [6.45, 7) is 3.85. The normalized spacial score (nSPS) is 23.8. The second kappa shape index (κ2) is 4.30. The number of nitrogens with zero attached hydrogens (tertiary/aromatic N) is 1. The van der Waals surface area contributed by atoms with E-state index >= 15 is 0 Å². The topological polar surface area (TPSA) is 41.6 Å². The van der Waals surface area contributed by atoms with Crippen LogP contribution in [-0.4, -0.2) is 31.1 Å². The van der Waals surface area contributed by atoms with Crippen molar-refractivity contribution in [2.45, 2.75) is 19.8 Å². The monoisotopic (exact) mass is 172 g/mol. The Labute approximate surface area is 72.8 Å². The highest BCUT2D eigenvalue weighted by molar-refractivity contribution is 5.73. The van der Waals surface area contributed by atoms with Gasteiger partial charge in [0.25, 0.3) is 0 Å². The Morgan fingerprint density at radius 2 is 2.42 bits per heavy atom. The van der Waals surface area contributed by atoms with Gasteiger partial charge in [0.1, 0.15) is 0 Å². The van der Waals surface area contributed by atoms with Crippen molar-refractivity contribution in [2.75, 3.05) is 20.2 Å². The van der Waals surface area contributed by atoms with E-state index in [9.17, 15) is 4.79 Å². The van der Waals surface area contributed by atoms with Gasteiger partial charge in [0.15, 0.2) is 0 Å². The van der Waals surface area contributed by atoms with Gasteiger partial charge < -0.3 is 4.90 Å². The maximum atomic E-state index is 11.2. The summed E-state index contributed by atoms with van der Waals surface area (Å²) in [4.78, 5) is 17.6. The summed E-state index contributed by atoms with van der Waals surface area (Å²) in [6.07, 6.45) is 2.31. The molecule has 0 unspecified atom stereocenters. The Bertz CT molecular complexity index is 161. The number of hydroxylamine groups is 1. The van der Waals surface area contributed by atoms with E-state index in [1.807, 2.05) is 0 Å². The molecule has 0 aromatic heterocycles. The quantitative estimate of drug-likeness (QED) is 0.599. The highest BCUT2D eigenvalue weighted by Gasteiger charge is 2.20. The highest BCUT2D eigenvalue weighted by atomic mass is 16.6. The highest BCUT2D eigenvalue weighted by Crippen LogP contribution is 2.14. The van der Waals surface area contributed by atoms with Crippen molar-refractivity contribution in [3.63, 3.8) is 0 Å². The maximum absolute atomic E-state index is 11.2. The summed E-state index contributed by atoms with van der Waals surface area (Å²) in [6, 6.07) is -0.121. The molecule has 1 rings (SSSR count). The van der Waals surface area contributed by atoms with Gasteiger partial charge in [-0.3, -0.25) is 4.84 Å². The molecule has 0 aromatic carbocycles. The number of hydrogen-bond donors (Lipinski definition) is 1. The van der Waals surface area contributed by atoms with Crippen LogP contribution in [0.25, 0.3) is 0 Å². The predicted molar refractivity (Wildman–Crippen MR) is 45.5 cm³/mol. The number of nitrogens with one attached hydrogen (secondary N) is 1. The standard InChI is InChI=1S/C8H16N2O2/c1-7-4-3-5-10(6-7)8(11)9-12-2/h7H,3-6H2,1-2H3,(H,9,11)/t7-/m0/s1. The van der Waals surface area contributed by atoms with Crippen LogP contribution >= 0.6 is 0 Å². The molecule has 0 spiro atoms. The molecule has 0 aromatic rings. The van der Waals surface area contributed by atoms with E-state index in [1.54, 1.807) is 4.90 Å². The van der Waals surface area contributed by atoms with E-state index in [-0.39, 0.29) is 6.03 Å². The molecule has 0 radical (unpaired) electrons. The molecule has 1 heterocycles. The van der Waals surface area contributed by atoms with Gasteiger partial charge in [-0.2, -0.15) is 0 Å². The molecule has 0 saturated carbocycles. The first kappa shape index (κ1) is 9.32. The van der Waals surface area contributed by atoms with Gasteiger partial charge in [-0.05, 0) is 18.8 Å². The molecule has 2 amide bonds. The maximum Gasteiger partial charge on any atom is 0.341 e. The lowest BCUT2D eigenvalue weighted by Gasteiger charge is -2.30. The Morgan fingerprint density at radius 3 is 3.00 bits per heavy atom. The number of urea groups is 1. The first-order chi connectivity index (χ1) is 5.74. The van der Waals surface area contributed by atoms with Crippen molar-refractivity contribution in [1.29, 1.82) is 0 Å². The van der Waals surface area contributed by atoms with Crippen LogP contribution in [0.4, 0.5) is 4.79 Å². The zero-order valence-electron chi connectivity index (χ0n) is 7.67. The fraction of sp³-hybridized carbons (Fsp3) is 0.875. The minimum atomic E-state index is -0.121. The Kier molecular flexibility index (Phi) is 3.34. The average molecular weight is 172 g/mol. The Morgan fingerprint density at radius 1 is 1.67 bits per heavy atom. The van der Waals surface area contributed by atoms with E-state index in [4.69, 9.17) is 0 Å². The molecule has 4 heteroatoms. The van der Waals surface area contributed by atoms with E-state index in [0.29, 0.717) is 5.92 Å². The summed E-state index contributed by atoms with van der Waals surface area (Å²) < 4.78 is 0. The molecule has 12 heavy (non-hydrogen) atoms. The molecule has 70 valence electrons. The van der Waals surface area contributed by atoms with Crippen molar-refractivity contribution in [2.24, 2.45) is 5.92 Å². The largest absolute Gasteiger partial charge is 0.341 e. The van der Waals surface area contributed by atoms with Crippen LogP contribution in [0.3, 0.4) is 0 Å². The molecule has 1 N–H and O–H groups in total. The van der Waals surface area contributed by atoms with E-state index in [1.165, 1.54) is 13.5 Å². The predicted octanol–water partition coefficient (Wildman–Crippen LogP) is 0.989. The molecule has 4 nitrogen and oxygen atoms in total. The molecule has 0 aliphatic carbocycles. The van der Waals surface area contributed by atoms with E-state index in [0.717, 1.165) is 19.5 Å². The van der Waals surface area contributed by atoms with Crippen LogP contribution in [-0.2, 0) is 4.84 Å². The van der Waals surface area contributed by atoms with Gasteiger partial charge in [0, 0.05) is 13.1 Å². The lowest BCUT2D eigenvalue weighted by Crippen LogP contribution is -2.44. The molecule has 0 bridgehead atoms. The molecular weight excluding hydrogens is 156 g/mol. The van der Waals surface area contributed by atoms with Crippen LogP contribution in [0.15, 0.2) is 0 Å². The van der Waals surface area contributed by atoms with Gasteiger partial charge in [-0.1, -0.05) is 6.92 Å². The van der Waals surface area contributed by atoms with Gasteiger partial charge >= 0.3 is 6.03 Å². The molecule has 1 saturated heterocycles. The minimum Gasteiger partial charge on any atom is -0.323 e. The van der Waals surface area contributed by atoms with Gasteiger partial charge in [-0.25, -0.2) is 10.3 Å². The number of likely N-dealkylation sites (tertiary alicyclic amines) is 1. The average Bonchev–Trinajstić information content (AvgIpc) is 2.05. The van der Waals surface area contributed by atoms with Crippen LogP contribution in [0.5, 0.6) is 0 Å². The third-order valence-corrected chi connectivity index (χ3v) is 2.13. The van der Waals surface area contributed by atoms with Crippen molar-refractivity contribution < 1.29 is 9.63 Å². The van der Waals surface area contributed by atoms with Gasteiger partial charge in [0.05, 0.1) is 7.11 Å². The van der Waals surface area contributed by atoms with E-state index in [2.05, 4.69) is 17.2 Å². The lowest BCUT2D eigenvalue weighted by molar-refractivity contribution is 0.0783. The molecule has 1 aliphatic heterocycles. The van der Waals surface area contributed by atoms with Crippen molar-refractivity contribution in [1.82, 2.24) is 10.4 Å². The number of carbonyl (C=O) groups excluding carboxylic acids is 1. The van der Waals surface area contributed by atoms with Crippen molar-refractivity contribution in [3.05, 3.63) is 0 Å². The van der Waals surface area contributed by atoms with Crippen LogP contribution in [0, 0.1) is 5.92 Å². The first-order valence-electron chi connectivity index (χ1n) is 4.32. The Hall–Kier alpha value is -0.770. The molecule has 1 aliphatic rings. The SMILES string of the molecule is CONC(=O)N1CCC[C@H](C)C1. The van der Waals surface area contributed by atoms with Gasteiger partial charge in [-0.15, -0.1) is 0 Å². The zero-order valence-corrected chi connectivity index (χ0v) is 7.67. The number of hydrogen-bond acceptors (Lipinski definition) is 2. The number of amides is 2. The van der Waals surface area contributed by atoms with Crippen LogP contribution in [0.1, 0.15) is 19.8 Å². The summed E-state index contributed by atoms with van der Waals surface area (Å²) in [5.74, 6) is 0.612. The minimum absolute atomic E-state index is 0.121. The Balaban J connectivity index is 2.35. The third kappa shape index (κ3) is 2.37. The summed E-state index contributed by atoms with van der Waals surface area (Å²) in [5.41, 5.74) is 2.32. The van der Waals surface area contributed by atoms with Crippen LogP contribution < -0.4 is 5.48 Å². The summed E-state index contributed by atoms with van der Waals surface area (Å²) >= 11 is 0. The summed E-state index contributed by atoms with van der Waals surface area (Å²) in [7, 11) is 1.45. The third-order valence-electron chi connectivity index (χ3n) is 2.13. The number of piperidine rings is 1. The van der Waals surface area contributed by atoms with Gasteiger partial charge in [0.2, 0.25) is 0 Å². The lowest BCUT2D eigenvalue weighted by atomic mass is 10.0. The smallest absolute Gasteiger partial charge is 0.323 e. The van der Waals surface area contributed by atoms with Crippen molar-refractivity contribution in [3.8, 4) is 0 Å². The number of carbonyl (C=O) groups is 1. The van der Waals surface area contributed by atoms with Crippen molar-refractivity contribution >= 4 is 6.03 Å².